The lowest BCUT2D eigenvalue weighted by atomic mass is 10.1. The van der Waals surface area contributed by atoms with Crippen LogP contribution >= 0.6 is 0 Å². The van der Waals surface area contributed by atoms with E-state index in [0.29, 0.717) is 19.3 Å². The maximum Gasteiger partial charge on any atom is 0.306 e. The van der Waals surface area contributed by atoms with E-state index in [-0.39, 0.29) is 31.1 Å². The summed E-state index contributed by atoms with van der Waals surface area (Å²) < 4.78 is 16.5. The number of ether oxygens (including phenoxy) is 3. The number of unbranched alkanes of at least 4 members (excludes halogenated alkanes) is 24. The van der Waals surface area contributed by atoms with Crippen LogP contribution in [-0.2, 0) is 28.6 Å². The van der Waals surface area contributed by atoms with Gasteiger partial charge in [-0.1, -0.05) is 168 Å². The van der Waals surface area contributed by atoms with Crippen LogP contribution in [0, 0.1) is 0 Å². The number of carbonyl (C=O) groups is 3. The van der Waals surface area contributed by atoms with Gasteiger partial charge in [-0.05, 0) is 44.9 Å². The third-order valence-corrected chi connectivity index (χ3v) is 9.02. The maximum absolute atomic E-state index is 12.5. The van der Waals surface area contributed by atoms with Crippen molar-refractivity contribution in [3.8, 4) is 0 Å². The van der Waals surface area contributed by atoms with Crippen molar-refractivity contribution in [2.24, 2.45) is 0 Å². The van der Waals surface area contributed by atoms with Crippen molar-refractivity contribution < 1.29 is 28.6 Å². The van der Waals surface area contributed by atoms with Crippen LogP contribution < -0.4 is 0 Å². The average Bonchev–Trinajstić information content (AvgIpc) is 3.08. The van der Waals surface area contributed by atoms with E-state index in [9.17, 15) is 14.4 Å². The second-order valence-corrected chi connectivity index (χ2v) is 13.9. The Labute approximate surface area is 297 Å². The van der Waals surface area contributed by atoms with Crippen LogP contribution in [-0.4, -0.2) is 37.2 Å². The van der Waals surface area contributed by atoms with Gasteiger partial charge in [-0.15, -0.1) is 0 Å². The predicted molar refractivity (Wildman–Crippen MR) is 201 cm³/mol. The summed E-state index contributed by atoms with van der Waals surface area (Å²) in [6.07, 6.45) is 38.1. The Balaban J connectivity index is 4.11. The molecule has 0 saturated heterocycles. The highest BCUT2D eigenvalue weighted by molar-refractivity contribution is 5.71. The summed E-state index contributed by atoms with van der Waals surface area (Å²) in [5, 5.41) is 0. The van der Waals surface area contributed by atoms with Crippen LogP contribution in [0.25, 0.3) is 0 Å². The summed E-state index contributed by atoms with van der Waals surface area (Å²) in [5.74, 6) is -0.893. The Kier molecular flexibility index (Phi) is 36.5. The van der Waals surface area contributed by atoms with Crippen molar-refractivity contribution in [2.75, 3.05) is 13.2 Å². The molecule has 0 aliphatic carbocycles. The van der Waals surface area contributed by atoms with E-state index in [4.69, 9.17) is 14.2 Å². The van der Waals surface area contributed by atoms with Gasteiger partial charge >= 0.3 is 17.9 Å². The second-order valence-electron chi connectivity index (χ2n) is 13.9. The largest absolute Gasteiger partial charge is 0.462 e. The third kappa shape index (κ3) is 35.5. The predicted octanol–water partition coefficient (Wildman–Crippen LogP) is 12.7. The van der Waals surface area contributed by atoms with Crippen LogP contribution in [0.5, 0.6) is 0 Å². The fourth-order valence-corrected chi connectivity index (χ4v) is 5.85. The van der Waals surface area contributed by atoms with E-state index in [1.54, 1.807) is 0 Å². The van der Waals surface area contributed by atoms with Gasteiger partial charge < -0.3 is 14.2 Å². The van der Waals surface area contributed by atoms with Gasteiger partial charge in [0.15, 0.2) is 6.10 Å². The molecule has 0 fully saturated rings. The molecule has 0 saturated carbocycles. The Bertz CT molecular complexity index is 748. The molecule has 0 radical (unpaired) electrons. The zero-order valence-corrected chi connectivity index (χ0v) is 32.0. The van der Waals surface area contributed by atoms with E-state index in [0.717, 1.165) is 57.8 Å². The van der Waals surface area contributed by atoms with E-state index in [2.05, 4.69) is 32.9 Å². The zero-order valence-electron chi connectivity index (χ0n) is 32.0. The van der Waals surface area contributed by atoms with Crippen LogP contribution in [0.2, 0.25) is 0 Å². The first-order chi connectivity index (χ1) is 23.5. The third-order valence-electron chi connectivity index (χ3n) is 9.02. The molecule has 0 spiro atoms. The molecule has 282 valence electrons. The van der Waals surface area contributed by atoms with Gasteiger partial charge in [-0.2, -0.15) is 0 Å². The number of hydrogen-bond donors (Lipinski definition) is 0. The molecule has 0 aliphatic heterocycles. The van der Waals surface area contributed by atoms with Gasteiger partial charge in [0, 0.05) is 19.3 Å². The number of carbonyl (C=O) groups excluding carboxylic acids is 3. The van der Waals surface area contributed by atoms with Gasteiger partial charge in [0.25, 0.3) is 0 Å². The first-order valence-corrected chi connectivity index (χ1v) is 20.7. The van der Waals surface area contributed by atoms with Crippen molar-refractivity contribution in [1.82, 2.24) is 0 Å². The smallest absolute Gasteiger partial charge is 0.306 e. The van der Waals surface area contributed by atoms with E-state index < -0.39 is 6.10 Å². The number of hydrogen-bond acceptors (Lipinski definition) is 6. The molecule has 0 bridgehead atoms. The monoisotopic (exact) mass is 679 g/mol. The fraction of sp³-hybridized carbons (Fsp3) is 0.881. The minimum Gasteiger partial charge on any atom is -0.462 e. The second kappa shape index (κ2) is 38.0. The minimum atomic E-state index is -0.759. The van der Waals surface area contributed by atoms with Crippen LogP contribution in [0.1, 0.15) is 220 Å². The average molecular weight is 679 g/mol. The highest BCUT2D eigenvalue weighted by Gasteiger charge is 2.19. The highest BCUT2D eigenvalue weighted by atomic mass is 16.6. The van der Waals surface area contributed by atoms with Crippen molar-refractivity contribution in [2.45, 2.75) is 226 Å². The molecule has 0 heterocycles. The van der Waals surface area contributed by atoms with Crippen LogP contribution in [0.4, 0.5) is 0 Å². The Morgan fingerprint density at radius 3 is 1.04 bits per heavy atom. The van der Waals surface area contributed by atoms with Gasteiger partial charge in [0.2, 0.25) is 0 Å². The first kappa shape index (κ1) is 46.1. The van der Waals surface area contributed by atoms with Crippen LogP contribution in [0.3, 0.4) is 0 Å². The first-order valence-electron chi connectivity index (χ1n) is 20.7. The lowest BCUT2D eigenvalue weighted by Gasteiger charge is -2.18. The minimum absolute atomic E-state index is 0.0703. The Morgan fingerprint density at radius 2 is 0.688 bits per heavy atom. The topological polar surface area (TPSA) is 78.9 Å². The summed E-state index contributed by atoms with van der Waals surface area (Å²) >= 11 is 0. The van der Waals surface area contributed by atoms with E-state index in [1.807, 2.05) is 0 Å². The Hall–Kier alpha value is -1.85. The van der Waals surface area contributed by atoms with Gasteiger partial charge in [0.1, 0.15) is 13.2 Å². The molecule has 6 nitrogen and oxygen atoms in total. The van der Waals surface area contributed by atoms with Gasteiger partial charge in [-0.3, -0.25) is 14.4 Å². The molecular weight excluding hydrogens is 600 g/mol. The lowest BCUT2D eigenvalue weighted by Crippen LogP contribution is -2.30. The summed E-state index contributed by atoms with van der Waals surface area (Å²) in [6.45, 7) is 6.50. The molecule has 1 atom stereocenters. The molecule has 0 aromatic rings. The molecular formula is C42H78O6. The molecule has 0 aromatic heterocycles. The van der Waals surface area contributed by atoms with E-state index in [1.165, 1.54) is 122 Å². The molecule has 0 rings (SSSR count). The molecule has 6 heteroatoms. The summed E-state index contributed by atoms with van der Waals surface area (Å²) in [6, 6.07) is 0. The molecule has 48 heavy (non-hydrogen) atoms. The molecule has 0 aliphatic rings. The fourth-order valence-electron chi connectivity index (χ4n) is 5.85. The lowest BCUT2D eigenvalue weighted by molar-refractivity contribution is -0.167. The highest BCUT2D eigenvalue weighted by Crippen LogP contribution is 2.13. The Morgan fingerprint density at radius 1 is 0.396 bits per heavy atom. The summed E-state index contributed by atoms with van der Waals surface area (Å²) in [5.41, 5.74) is 0. The maximum atomic E-state index is 12.5. The standard InChI is InChI=1S/C42H78O6/c1-4-7-10-13-16-17-18-19-20-21-22-23-24-25-26-27-30-32-35-41(44)47-38-39(48-42(45)36-33-29-15-12-9-6-3)37-46-40(43)34-31-28-14-11-8-5-2/h20-21,39H,4-19,22-38H2,1-3H3/b21-20-. The normalized spacial score (nSPS) is 12.0. The molecule has 0 N–H and O–H groups in total. The van der Waals surface area contributed by atoms with E-state index >= 15 is 0 Å². The number of rotatable bonds is 37. The SMILES string of the molecule is CCCCCCCCC/C=C\CCCCCCCCCC(=O)OCC(COC(=O)CCCCCCCC)OC(=O)CCCCCCCC. The summed E-state index contributed by atoms with van der Waals surface area (Å²) in [4.78, 5) is 37.2. The molecule has 0 aromatic carbocycles. The summed E-state index contributed by atoms with van der Waals surface area (Å²) in [7, 11) is 0. The van der Waals surface area contributed by atoms with Crippen molar-refractivity contribution >= 4 is 17.9 Å². The molecule has 1 unspecified atom stereocenters. The molecule has 0 amide bonds. The number of esters is 3. The van der Waals surface area contributed by atoms with Gasteiger partial charge in [0.05, 0.1) is 0 Å². The van der Waals surface area contributed by atoms with Crippen molar-refractivity contribution in [1.29, 1.82) is 0 Å². The number of allylic oxidation sites excluding steroid dienone is 2. The quantitative estimate of drug-likeness (QED) is 0.0282. The van der Waals surface area contributed by atoms with Gasteiger partial charge in [-0.25, -0.2) is 0 Å². The van der Waals surface area contributed by atoms with Crippen LogP contribution in [0.15, 0.2) is 12.2 Å². The zero-order chi connectivity index (χ0) is 35.2. The van der Waals surface area contributed by atoms with Crippen molar-refractivity contribution in [3.05, 3.63) is 12.2 Å². The van der Waals surface area contributed by atoms with Crippen molar-refractivity contribution in [3.63, 3.8) is 0 Å².